The fourth-order valence-corrected chi connectivity index (χ4v) is 2.23. The summed E-state index contributed by atoms with van der Waals surface area (Å²) < 4.78 is 18.4. The molecule has 1 aromatic carbocycles. The van der Waals surface area contributed by atoms with Crippen LogP contribution < -0.4 is 5.32 Å². The van der Waals surface area contributed by atoms with Crippen LogP contribution in [0.5, 0.6) is 0 Å². The predicted octanol–water partition coefficient (Wildman–Crippen LogP) is 2.39. The maximum Gasteiger partial charge on any atom is 0.227 e. The molecule has 0 bridgehead atoms. The standard InChI is InChI=1S/C17H22FN3O3/c1-3-4-13(22)10-19-15(23)7-8-16-20-17(21-24-16)12-5-6-14(18)11(2)9-12/h5-6,9,13,22H,3-4,7-8,10H2,1-2H3,(H,19,23). The van der Waals surface area contributed by atoms with Gasteiger partial charge in [0.15, 0.2) is 0 Å². The van der Waals surface area contributed by atoms with E-state index in [0.29, 0.717) is 35.7 Å². The summed E-state index contributed by atoms with van der Waals surface area (Å²) in [4.78, 5) is 15.9. The summed E-state index contributed by atoms with van der Waals surface area (Å²) in [6, 6.07) is 4.58. The molecule has 0 saturated heterocycles. The number of nitrogens with zero attached hydrogens (tertiary/aromatic N) is 2. The Bertz CT molecular complexity index is 687. The Morgan fingerprint density at radius 1 is 1.46 bits per heavy atom. The fraction of sp³-hybridized carbons (Fsp3) is 0.471. The number of aliphatic hydroxyl groups excluding tert-OH is 1. The maximum absolute atomic E-state index is 13.3. The number of rotatable bonds is 8. The Morgan fingerprint density at radius 2 is 2.25 bits per heavy atom. The third kappa shape index (κ3) is 5.13. The van der Waals surface area contributed by atoms with Crippen molar-refractivity contribution in [1.82, 2.24) is 15.5 Å². The van der Waals surface area contributed by atoms with Gasteiger partial charge in [-0.2, -0.15) is 4.98 Å². The van der Waals surface area contributed by atoms with Crippen LogP contribution in [0.2, 0.25) is 0 Å². The quantitative estimate of drug-likeness (QED) is 0.773. The van der Waals surface area contributed by atoms with Crippen LogP contribution in [0.25, 0.3) is 11.4 Å². The molecule has 2 aromatic rings. The molecule has 0 aliphatic rings. The van der Waals surface area contributed by atoms with Crippen molar-refractivity contribution in [3.05, 3.63) is 35.5 Å². The van der Waals surface area contributed by atoms with Gasteiger partial charge in [0.1, 0.15) is 5.82 Å². The monoisotopic (exact) mass is 335 g/mol. The van der Waals surface area contributed by atoms with E-state index in [-0.39, 0.29) is 24.7 Å². The maximum atomic E-state index is 13.3. The van der Waals surface area contributed by atoms with Crippen molar-refractivity contribution in [1.29, 1.82) is 0 Å². The van der Waals surface area contributed by atoms with Crippen molar-refractivity contribution in [2.24, 2.45) is 0 Å². The van der Waals surface area contributed by atoms with Gasteiger partial charge in [-0.1, -0.05) is 18.5 Å². The van der Waals surface area contributed by atoms with Crippen LogP contribution in [-0.2, 0) is 11.2 Å². The number of aliphatic hydroxyl groups is 1. The molecule has 130 valence electrons. The number of amides is 1. The molecule has 1 atom stereocenters. The van der Waals surface area contributed by atoms with Gasteiger partial charge in [0, 0.05) is 24.9 Å². The molecule has 2 rings (SSSR count). The van der Waals surface area contributed by atoms with E-state index in [1.807, 2.05) is 6.92 Å². The van der Waals surface area contributed by atoms with E-state index in [2.05, 4.69) is 15.5 Å². The lowest BCUT2D eigenvalue weighted by Crippen LogP contribution is -2.32. The van der Waals surface area contributed by atoms with E-state index < -0.39 is 6.10 Å². The molecular weight excluding hydrogens is 313 g/mol. The number of aromatic nitrogens is 2. The predicted molar refractivity (Wildman–Crippen MR) is 86.7 cm³/mol. The molecule has 1 heterocycles. The topological polar surface area (TPSA) is 88.2 Å². The average Bonchev–Trinajstić information content (AvgIpc) is 3.03. The molecule has 1 amide bonds. The van der Waals surface area contributed by atoms with Crippen LogP contribution >= 0.6 is 0 Å². The van der Waals surface area contributed by atoms with Gasteiger partial charge in [-0.3, -0.25) is 4.79 Å². The third-order valence-electron chi connectivity index (χ3n) is 3.61. The summed E-state index contributed by atoms with van der Waals surface area (Å²) in [5.74, 6) is 0.245. The lowest BCUT2D eigenvalue weighted by molar-refractivity contribution is -0.121. The van der Waals surface area contributed by atoms with Gasteiger partial charge in [0.05, 0.1) is 6.10 Å². The molecule has 0 spiro atoms. The van der Waals surface area contributed by atoms with Gasteiger partial charge in [-0.25, -0.2) is 4.39 Å². The van der Waals surface area contributed by atoms with E-state index in [1.165, 1.54) is 6.07 Å². The Labute approximate surface area is 140 Å². The first-order chi connectivity index (χ1) is 11.5. The summed E-state index contributed by atoms with van der Waals surface area (Å²) in [7, 11) is 0. The summed E-state index contributed by atoms with van der Waals surface area (Å²) in [6.45, 7) is 3.88. The molecule has 7 heteroatoms. The highest BCUT2D eigenvalue weighted by Crippen LogP contribution is 2.19. The molecule has 24 heavy (non-hydrogen) atoms. The molecular formula is C17H22FN3O3. The van der Waals surface area contributed by atoms with E-state index in [1.54, 1.807) is 19.1 Å². The number of hydrogen-bond acceptors (Lipinski definition) is 5. The van der Waals surface area contributed by atoms with E-state index >= 15 is 0 Å². The highest BCUT2D eigenvalue weighted by molar-refractivity contribution is 5.76. The lowest BCUT2D eigenvalue weighted by atomic mass is 10.1. The Hall–Kier alpha value is -2.28. The highest BCUT2D eigenvalue weighted by Gasteiger charge is 2.12. The minimum absolute atomic E-state index is 0.178. The van der Waals surface area contributed by atoms with E-state index in [4.69, 9.17) is 4.52 Å². The number of carbonyl (C=O) groups is 1. The number of nitrogens with one attached hydrogen (secondary N) is 1. The van der Waals surface area contributed by atoms with Crippen LogP contribution in [0.1, 0.15) is 37.6 Å². The average molecular weight is 335 g/mol. The number of benzene rings is 1. The number of halogens is 1. The van der Waals surface area contributed by atoms with Crippen molar-refractivity contribution >= 4 is 5.91 Å². The number of aryl methyl sites for hydroxylation is 2. The van der Waals surface area contributed by atoms with Gasteiger partial charge in [0.2, 0.25) is 17.6 Å². The van der Waals surface area contributed by atoms with Crippen molar-refractivity contribution < 1.29 is 18.8 Å². The highest BCUT2D eigenvalue weighted by atomic mass is 19.1. The molecule has 0 fully saturated rings. The molecule has 1 unspecified atom stereocenters. The van der Waals surface area contributed by atoms with Gasteiger partial charge >= 0.3 is 0 Å². The Morgan fingerprint density at radius 3 is 2.96 bits per heavy atom. The van der Waals surface area contributed by atoms with Crippen molar-refractivity contribution in [2.75, 3.05) is 6.54 Å². The zero-order valence-corrected chi connectivity index (χ0v) is 13.9. The first-order valence-corrected chi connectivity index (χ1v) is 8.03. The lowest BCUT2D eigenvalue weighted by Gasteiger charge is -2.09. The molecule has 6 nitrogen and oxygen atoms in total. The second-order valence-corrected chi connectivity index (χ2v) is 5.72. The molecule has 0 aliphatic carbocycles. The molecule has 0 radical (unpaired) electrons. The van der Waals surface area contributed by atoms with Crippen molar-refractivity contribution in [3.63, 3.8) is 0 Å². The summed E-state index contributed by atoms with van der Waals surface area (Å²) in [6.07, 6.45) is 1.51. The first-order valence-electron chi connectivity index (χ1n) is 8.03. The van der Waals surface area contributed by atoms with Gasteiger partial charge in [-0.15, -0.1) is 0 Å². The zero-order chi connectivity index (χ0) is 17.5. The Kier molecular flexibility index (Phi) is 6.43. The number of carbonyl (C=O) groups excluding carboxylic acids is 1. The van der Waals surface area contributed by atoms with Gasteiger partial charge in [-0.05, 0) is 37.1 Å². The van der Waals surface area contributed by atoms with Gasteiger partial charge in [0.25, 0.3) is 0 Å². The van der Waals surface area contributed by atoms with Crippen LogP contribution in [0.4, 0.5) is 4.39 Å². The summed E-state index contributed by atoms with van der Waals surface area (Å²) in [5, 5.41) is 16.1. The van der Waals surface area contributed by atoms with Crippen molar-refractivity contribution in [3.8, 4) is 11.4 Å². The number of hydrogen-bond donors (Lipinski definition) is 2. The molecule has 1 aromatic heterocycles. The zero-order valence-electron chi connectivity index (χ0n) is 13.9. The van der Waals surface area contributed by atoms with Crippen LogP contribution in [-0.4, -0.2) is 33.8 Å². The fourth-order valence-electron chi connectivity index (χ4n) is 2.23. The second kappa shape index (κ2) is 8.54. The normalized spacial score (nSPS) is 12.2. The second-order valence-electron chi connectivity index (χ2n) is 5.72. The van der Waals surface area contributed by atoms with Crippen molar-refractivity contribution in [2.45, 2.75) is 45.6 Å². The molecule has 0 aliphatic heterocycles. The summed E-state index contributed by atoms with van der Waals surface area (Å²) in [5.41, 5.74) is 1.17. The molecule has 0 saturated carbocycles. The SMILES string of the molecule is CCCC(O)CNC(=O)CCc1nc(-c2ccc(F)c(C)c2)no1. The van der Waals surface area contributed by atoms with Crippen LogP contribution in [0.15, 0.2) is 22.7 Å². The van der Waals surface area contributed by atoms with Gasteiger partial charge < -0.3 is 14.9 Å². The van der Waals surface area contributed by atoms with Crippen LogP contribution in [0.3, 0.4) is 0 Å². The third-order valence-corrected chi connectivity index (χ3v) is 3.61. The minimum Gasteiger partial charge on any atom is -0.391 e. The molecule has 2 N–H and O–H groups in total. The first kappa shape index (κ1) is 18.1. The largest absolute Gasteiger partial charge is 0.391 e. The summed E-state index contributed by atoms with van der Waals surface area (Å²) >= 11 is 0. The smallest absolute Gasteiger partial charge is 0.227 e. The van der Waals surface area contributed by atoms with E-state index in [9.17, 15) is 14.3 Å². The minimum atomic E-state index is -0.518. The Balaban J connectivity index is 1.85. The van der Waals surface area contributed by atoms with Crippen LogP contribution in [0, 0.1) is 12.7 Å². The van der Waals surface area contributed by atoms with E-state index in [0.717, 1.165) is 6.42 Å².